The van der Waals surface area contributed by atoms with E-state index in [2.05, 4.69) is 31.3 Å². The molecule has 0 saturated carbocycles. The molecule has 0 N–H and O–H groups in total. The predicted molar refractivity (Wildman–Crippen MR) is 131 cm³/mol. The topological polar surface area (TPSA) is 52.6 Å². The van der Waals surface area contributed by atoms with Gasteiger partial charge in [-0.3, -0.25) is 9.59 Å². The molecule has 0 spiro atoms. The second kappa shape index (κ2) is 14.7. The Hall–Kier alpha value is -1.22. The van der Waals surface area contributed by atoms with E-state index < -0.39 is 0 Å². The van der Waals surface area contributed by atoms with Crippen molar-refractivity contribution in [3.8, 4) is 0 Å². The molecular weight excluding hydrogens is 457 g/mol. The van der Waals surface area contributed by atoms with Crippen LogP contribution in [0.1, 0.15) is 13.8 Å². The number of ether oxygens (including phenoxy) is 2. The molecule has 2 aromatic carbocycles. The third kappa shape index (κ3) is 10.7. The van der Waals surface area contributed by atoms with Crippen LogP contribution in [-0.4, -0.2) is 37.7 Å². The Bertz CT molecular complexity index is 755. The van der Waals surface area contributed by atoms with Crippen molar-refractivity contribution in [1.82, 2.24) is 0 Å². The third-order valence-electron chi connectivity index (χ3n) is 3.84. The van der Waals surface area contributed by atoms with E-state index in [0.29, 0.717) is 11.5 Å². The number of carbonyl (C=O) groups is 2. The van der Waals surface area contributed by atoms with Gasteiger partial charge in [0.15, 0.2) is 0 Å². The molecule has 2 rings (SSSR count). The number of benzene rings is 2. The molecule has 0 aliphatic carbocycles. The first-order chi connectivity index (χ1) is 14.3. The standard InChI is InChI=1S/C16H22O4S2.C6H6S2/c1-11(15(17)19-3)9-21-13-6-5-7-14(8-13)22-10-12(2)16(18)20-4;7-5-2-1-3-6(8)4-5/h5-8,11-12H,9-10H2,1-4H3;1-4,7-8H. The molecule has 0 aliphatic rings. The van der Waals surface area contributed by atoms with Crippen molar-refractivity contribution in [2.45, 2.75) is 33.4 Å². The van der Waals surface area contributed by atoms with Crippen LogP contribution < -0.4 is 0 Å². The van der Waals surface area contributed by atoms with Gasteiger partial charge in [0.1, 0.15) is 0 Å². The fraction of sp³-hybridized carbons (Fsp3) is 0.364. The summed E-state index contributed by atoms with van der Waals surface area (Å²) < 4.78 is 9.44. The number of methoxy groups -OCH3 is 2. The van der Waals surface area contributed by atoms with Gasteiger partial charge in [0.05, 0.1) is 26.1 Å². The van der Waals surface area contributed by atoms with Crippen LogP contribution in [-0.2, 0) is 19.1 Å². The normalized spacial score (nSPS) is 12.2. The van der Waals surface area contributed by atoms with Gasteiger partial charge in [-0.05, 0) is 36.4 Å². The Kier molecular flexibility index (Phi) is 13.2. The van der Waals surface area contributed by atoms with Gasteiger partial charge in [-0.1, -0.05) is 26.0 Å². The van der Waals surface area contributed by atoms with E-state index in [1.807, 2.05) is 56.3 Å². The summed E-state index contributed by atoms with van der Waals surface area (Å²) in [7, 11) is 2.81. The van der Waals surface area contributed by atoms with E-state index in [0.717, 1.165) is 19.6 Å². The SMILES string of the molecule is COC(=O)C(C)CSc1cccc(SCC(C)C(=O)OC)c1.Sc1cccc(S)c1. The quantitative estimate of drug-likeness (QED) is 0.283. The fourth-order valence-corrected chi connectivity index (χ4v) is 4.68. The van der Waals surface area contributed by atoms with Crippen LogP contribution in [0.15, 0.2) is 68.1 Å². The molecule has 4 nitrogen and oxygen atoms in total. The maximum absolute atomic E-state index is 11.4. The summed E-state index contributed by atoms with van der Waals surface area (Å²) in [4.78, 5) is 26.9. The van der Waals surface area contributed by atoms with Gasteiger partial charge in [0, 0.05) is 31.1 Å². The van der Waals surface area contributed by atoms with Gasteiger partial charge in [0.25, 0.3) is 0 Å². The lowest BCUT2D eigenvalue weighted by atomic mass is 10.2. The average Bonchev–Trinajstić information content (AvgIpc) is 2.75. The van der Waals surface area contributed by atoms with Crippen molar-refractivity contribution in [3.63, 3.8) is 0 Å². The molecule has 0 aromatic heterocycles. The molecule has 0 radical (unpaired) electrons. The third-order valence-corrected chi connectivity index (χ3v) is 6.91. The molecule has 0 bridgehead atoms. The highest BCUT2D eigenvalue weighted by Crippen LogP contribution is 2.28. The van der Waals surface area contributed by atoms with Gasteiger partial charge in [-0.15, -0.1) is 48.8 Å². The number of hydrogen-bond donors (Lipinski definition) is 2. The first kappa shape index (κ1) is 26.8. The number of carbonyl (C=O) groups excluding carboxylic acids is 2. The Balaban J connectivity index is 0.000000467. The Morgan fingerprint density at radius 3 is 1.53 bits per heavy atom. The second-order valence-corrected chi connectivity index (χ2v) is 9.68. The largest absolute Gasteiger partial charge is 0.469 e. The first-order valence-electron chi connectivity index (χ1n) is 9.26. The lowest BCUT2D eigenvalue weighted by Crippen LogP contribution is -2.14. The maximum atomic E-state index is 11.4. The van der Waals surface area contributed by atoms with E-state index in [-0.39, 0.29) is 23.8 Å². The molecule has 0 aliphatic heterocycles. The van der Waals surface area contributed by atoms with Crippen LogP contribution in [0.25, 0.3) is 0 Å². The molecule has 30 heavy (non-hydrogen) atoms. The summed E-state index contributed by atoms with van der Waals surface area (Å²) >= 11 is 11.5. The molecule has 8 heteroatoms. The van der Waals surface area contributed by atoms with Crippen LogP contribution in [0, 0.1) is 11.8 Å². The van der Waals surface area contributed by atoms with E-state index in [4.69, 9.17) is 9.47 Å². The first-order valence-corrected chi connectivity index (χ1v) is 12.1. The molecule has 0 amide bonds. The maximum Gasteiger partial charge on any atom is 0.309 e. The minimum atomic E-state index is -0.190. The average molecular weight is 485 g/mol. The Morgan fingerprint density at radius 1 is 0.800 bits per heavy atom. The lowest BCUT2D eigenvalue weighted by molar-refractivity contribution is -0.144. The zero-order chi connectivity index (χ0) is 22.5. The van der Waals surface area contributed by atoms with Crippen LogP contribution >= 0.6 is 48.8 Å². The molecule has 0 heterocycles. The molecule has 2 aromatic rings. The zero-order valence-electron chi connectivity index (χ0n) is 17.5. The van der Waals surface area contributed by atoms with Gasteiger partial charge >= 0.3 is 11.9 Å². The number of hydrogen-bond acceptors (Lipinski definition) is 8. The van der Waals surface area contributed by atoms with Gasteiger partial charge in [-0.2, -0.15) is 0 Å². The van der Waals surface area contributed by atoms with Crippen LogP contribution in [0.5, 0.6) is 0 Å². The van der Waals surface area contributed by atoms with Crippen molar-refractivity contribution < 1.29 is 19.1 Å². The molecular formula is C22H28O4S4. The number of rotatable bonds is 8. The van der Waals surface area contributed by atoms with Gasteiger partial charge in [0.2, 0.25) is 0 Å². The minimum absolute atomic E-state index is 0.134. The summed E-state index contributed by atoms with van der Waals surface area (Å²) in [6.45, 7) is 3.71. The summed E-state index contributed by atoms with van der Waals surface area (Å²) in [5, 5.41) is 0. The van der Waals surface area contributed by atoms with E-state index >= 15 is 0 Å². The van der Waals surface area contributed by atoms with Crippen molar-refractivity contribution in [3.05, 3.63) is 48.5 Å². The lowest BCUT2D eigenvalue weighted by Gasteiger charge is -2.11. The molecule has 2 atom stereocenters. The van der Waals surface area contributed by atoms with E-state index in [9.17, 15) is 9.59 Å². The van der Waals surface area contributed by atoms with Crippen LogP contribution in [0.3, 0.4) is 0 Å². The molecule has 0 fully saturated rings. The summed E-state index contributed by atoms with van der Waals surface area (Å²) in [6.07, 6.45) is 0. The van der Waals surface area contributed by atoms with Crippen LogP contribution in [0.2, 0.25) is 0 Å². The smallest absolute Gasteiger partial charge is 0.309 e. The number of esters is 2. The van der Waals surface area contributed by atoms with Gasteiger partial charge < -0.3 is 9.47 Å². The summed E-state index contributed by atoms with van der Waals surface area (Å²) in [5.41, 5.74) is 0. The van der Waals surface area contributed by atoms with Crippen molar-refractivity contribution in [1.29, 1.82) is 0 Å². The highest BCUT2D eigenvalue weighted by molar-refractivity contribution is 8.00. The van der Waals surface area contributed by atoms with Crippen molar-refractivity contribution >= 4 is 60.7 Å². The van der Waals surface area contributed by atoms with Crippen molar-refractivity contribution in [2.75, 3.05) is 25.7 Å². The summed E-state index contributed by atoms with van der Waals surface area (Å²) in [6, 6.07) is 15.7. The zero-order valence-corrected chi connectivity index (χ0v) is 21.0. The second-order valence-electron chi connectivity index (χ2n) is 6.47. The minimum Gasteiger partial charge on any atom is -0.469 e. The number of thioether (sulfide) groups is 2. The van der Waals surface area contributed by atoms with E-state index in [1.54, 1.807) is 23.5 Å². The monoisotopic (exact) mass is 484 g/mol. The van der Waals surface area contributed by atoms with Crippen molar-refractivity contribution in [2.24, 2.45) is 11.8 Å². The fourth-order valence-electron chi connectivity index (χ4n) is 2.13. The predicted octanol–water partition coefficient (Wildman–Crippen LogP) is 5.75. The number of thiol groups is 2. The molecule has 0 saturated heterocycles. The Morgan fingerprint density at radius 2 is 1.20 bits per heavy atom. The highest BCUT2D eigenvalue weighted by atomic mass is 32.2. The highest BCUT2D eigenvalue weighted by Gasteiger charge is 2.15. The molecule has 164 valence electrons. The summed E-state index contributed by atoms with van der Waals surface area (Å²) in [5.74, 6) is 0.713. The Labute approximate surface area is 198 Å². The molecule has 2 unspecified atom stereocenters. The van der Waals surface area contributed by atoms with Gasteiger partial charge in [-0.25, -0.2) is 0 Å². The van der Waals surface area contributed by atoms with E-state index in [1.165, 1.54) is 14.2 Å². The van der Waals surface area contributed by atoms with Crippen LogP contribution in [0.4, 0.5) is 0 Å².